The fraction of sp³-hybridized carbons (Fsp3) is 0.833. The zero-order valence-electron chi connectivity index (χ0n) is 7.17. The second kappa shape index (κ2) is 3.24. The van der Waals surface area contributed by atoms with Crippen LogP contribution in [0.3, 0.4) is 0 Å². The maximum atomic E-state index is 10.9. The zero-order valence-corrected chi connectivity index (χ0v) is 7.99. The van der Waals surface area contributed by atoms with Crippen molar-refractivity contribution in [3.63, 3.8) is 0 Å². The van der Waals surface area contributed by atoms with Crippen molar-refractivity contribution in [3.8, 4) is 0 Å². The Morgan fingerprint density at radius 3 is 2.31 bits per heavy atom. The van der Waals surface area contributed by atoms with Gasteiger partial charge >= 0.3 is 5.97 Å². The molecule has 1 heterocycles. The molecule has 1 aliphatic rings. The third kappa shape index (κ3) is 2.17. The Hall–Kier alpha value is -0.660. The molecular formula is C6H12N2O4S. The third-order valence-corrected chi connectivity index (χ3v) is 3.27. The van der Waals surface area contributed by atoms with E-state index in [-0.39, 0.29) is 19.0 Å². The molecular weight excluding hydrogens is 196 g/mol. The molecule has 0 aromatic heterocycles. The lowest BCUT2D eigenvalue weighted by molar-refractivity contribution is -0.142. The normalized spacial score (nSPS) is 30.6. The van der Waals surface area contributed by atoms with Crippen LogP contribution in [0.1, 0.15) is 6.92 Å². The Bertz CT molecular complexity index is 313. The molecule has 2 unspecified atom stereocenters. The first kappa shape index (κ1) is 10.4. The average Bonchev–Trinajstić information content (AvgIpc) is 2.29. The van der Waals surface area contributed by atoms with Crippen molar-refractivity contribution >= 4 is 16.2 Å². The predicted octanol–water partition coefficient (Wildman–Crippen LogP) is -1.16. The molecule has 0 saturated carbocycles. The summed E-state index contributed by atoms with van der Waals surface area (Å²) in [7, 11) is -3.73. The second-order valence-electron chi connectivity index (χ2n) is 3.28. The van der Waals surface area contributed by atoms with Crippen molar-refractivity contribution in [2.24, 2.45) is 17.0 Å². The van der Waals surface area contributed by atoms with Crippen LogP contribution in [-0.4, -0.2) is 36.9 Å². The van der Waals surface area contributed by atoms with Gasteiger partial charge in [-0.05, 0) is 5.92 Å². The lowest BCUT2D eigenvalue weighted by Crippen LogP contribution is -2.35. The van der Waals surface area contributed by atoms with Crippen molar-refractivity contribution in [2.75, 3.05) is 13.1 Å². The van der Waals surface area contributed by atoms with Gasteiger partial charge in [0.15, 0.2) is 0 Å². The van der Waals surface area contributed by atoms with Gasteiger partial charge in [0.25, 0.3) is 10.2 Å². The number of carboxylic acid groups (broad SMARTS) is 1. The van der Waals surface area contributed by atoms with Gasteiger partial charge in [-0.3, -0.25) is 4.79 Å². The maximum Gasteiger partial charge on any atom is 0.308 e. The average molecular weight is 208 g/mol. The molecule has 3 N–H and O–H groups in total. The molecule has 6 nitrogen and oxygen atoms in total. The van der Waals surface area contributed by atoms with Gasteiger partial charge in [-0.1, -0.05) is 6.92 Å². The first-order chi connectivity index (χ1) is 5.82. The highest BCUT2D eigenvalue weighted by Crippen LogP contribution is 2.24. The topological polar surface area (TPSA) is 101 Å². The highest BCUT2D eigenvalue weighted by atomic mass is 32.2. The standard InChI is InChI=1S/C6H12N2O4S/c1-4-2-8(13(7,11)12)3-5(4)6(9)10/h4-5H,2-3H2,1H3,(H,9,10)(H2,7,11,12). The molecule has 0 spiro atoms. The van der Waals surface area contributed by atoms with E-state index in [1.54, 1.807) is 6.92 Å². The summed E-state index contributed by atoms with van der Waals surface area (Å²) in [5.41, 5.74) is 0. The van der Waals surface area contributed by atoms with E-state index in [0.29, 0.717) is 0 Å². The lowest BCUT2D eigenvalue weighted by atomic mass is 9.99. The number of aliphatic carboxylic acids is 1. The molecule has 0 aromatic rings. The smallest absolute Gasteiger partial charge is 0.308 e. The van der Waals surface area contributed by atoms with Crippen LogP contribution in [0.15, 0.2) is 0 Å². The molecule has 0 aromatic carbocycles. The largest absolute Gasteiger partial charge is 0.481 e. The number of nitrogens with zero attached hydrogens (tertiary/aromatic N) is 1. The Morgan fingerprint density at radius 2 is 2.08 bits per heavy atom. The predicted molar refractivity (Wildman–Crippen MR) is 45.0 cm³/mol. The van der Waals surface area contributed by atoms with Crippen LogP contribution in [0, 0.1) is 11.8 Å². The summed E-state index contributed by atoms with van der Waals surface area (Å²) < 4.78 is 22.7. The number of rotatable bonds is 2. The molecule has 2 atom stereocenters. The molecule has 1 saturated heterocycles. The van der Waals surface area contributed by atoms with Crippen LogP contribution in [0.25, 0.3) is 0 Å². The summed E-state index contributed by atoms with van der Waals surface area (Å²) >= 11 is 0. The number of hydrogen-bond donors (Lipinski definition) is 2. The van der Waals surface area contributed by atoms with Crippen molar-refractivity contribution in [2.45, 2.75) is 6.92 Å². The van der Waals surface area contributed by atoms with E-state index in [4.69, 9.17) is 10.2 Å². The zero-order chi connectivity index (χ0) is 10.2. The van der Waals surface area contributed by atoms with Gasteiger partial charge in [0.2, 0.25) is 0 Å². The minimum absolute atomic E-state index is 0.0185. The van der Waals surface area contributed by atoms with Crippen LogP contribution in [0.2, 0.25) is 0 Å². The maximum absolute atomic E-state index is 10.9. The highest BCUT2D eigenvalue weighted by Gasteiger charge is 2.38. The van der Waals surface area contributed by atoms with Crippen LogP contribution < -0.4 is 5.14 Å². The minimum atomic E-state index is -3.73. The Labute approximate surface area is 76.5 Å². The first-order valence-electron chi connectivity index (χ1n) is 3.83. The van der Waals surface area contributed by atoms with Crippen LogP contribution in [0.4, 0.5) is 0 Å². The van der Waals surface area contributed by atoms with Gasteiger partial charge in [-0.25, -0.2) is 5.14 Å². The van der Waals surface area contributed by atoms with Crippen LogP contribution >= 0.6 is 0 Å². The number of hydrogen-bond acceptors (Lipinski definition) is 3. The monoisotopic (exact) mass is 208 g/mol. The van der Waals surface area contributed by atoms with Crippen LogP contribution in [0.5, 0.6) is 0 Å². The first-order valence-corrected chi connectivity index (χ1v) is 5.33. The molecule has 0 aliphatic carbocycles. The van der Waals surface area contributed by atoms with Gasteiger partial charge in [0, 0.05) is 13.1 Å². The summed E-state index contributed by atoms with van der Waals surface area (Å²) in [5.74, 6) is -1.80. The molecule has 1 aliphatic heterocycles. The molecule has 0 bridgehead atoms. The van der Waals surface area contributed by atoms with E-state index >= 15 is 0 Å². The van der Waals surface area contributed by atoms with Gasteiger partial charge < -0.3 is 5.11 Å². The van der Waals surface area contributed by atoms with E-state index in [1.807, 2.05) is 0 Å². The summed E-state index contributed by atoms with van der Waals surface area (Å²) in [6.45, 7) is 1.87. The second-order valence-corrected chi connectivity index (χ2v) is 4.83. The molecule has 13 heavy (non-hydrogen) atoms. The molecule has 7 heteroatoms. The van der Waals surface area contributed by atoms with E-state index < -0.39 is 22.1 Å². The van der Waals surface area contributed by atoms with E-state index in [2.05, 4.69) is 0 Å². The molecule has 0 radical (unpaired) electrons. The van der Waals surface area contributed by atoms with Crippen molar-refractivity contribution in [1.29, 1.82) is 0 Å². The van der Waals surface area contributed by atoms with Crippen molar-refractivity contribution in [1.82, 2.24) is 4.31 Å². The number of carbonyl (C=O) groups is 1. The highest BCUT2D eigenvalue weighted by molar-refractivity contribution is 7.86. The fourth-order valence-corrected chi connectivity index (χ4v) is 2.26. The van der Waals surface area contributed by atoms with E-state index in [0.717, 1.165) is 4.31 Å². The van der Waals surface area contributed by atoms with Crippen LogP contribution in [-0.2, 0) is 15.0 Å². The SMILES string of the molecule is CC1CN(S(N)(=O)=O)CC1C(=O)O. The molecule has 0 amide bonds. The van der Waals surface area contributed by atoms with Crippen molar-refractivity contribution < 1.29 is 18.3 Å². The summed E-state index contributed by atoms with van der Waals surface area (Å²) in [6.07, 6.45) is 0. The van der Waals surface area contributed by atoms with Gasteiger partial charge in [-0.2, -0.15) is 12.7 Å². The van der Waals surface area contributed by atoms with Gasteiger partial charge in [0.1, 0.15) is 0 Å². The Morgan fingerprint density at radius 1 is 1.54 bits per heavy atom. The van der Waals surface area contributed by atoms with E-state index in [9.17, 15) is 13.2 Å². The molecule has 76 valence electrons. The number of carboxylic acids is 1. The third-order valence-electron chi connectivity index (χ3n) is 2.26. The fourth-order valence-electron chi connectivity index (χ4n) is 1.45. The van der Waals surface area contributed by atoms with E-state index in [1.165, 1.54) is 0 Å². The molecule has 1 fully saturated rings. The Balaban J connectivity index is 2.77. The quantitative estimate of drug-likeness (QED) is 0.597. The summed E-state index contributed by atoms with van der Waals surface area (Å²) in [5, 5.41) is 13.6. The van der Waals surface area contributed by atoms with Gasteiger partial charge in [-0.15, -0.1) is 0 Å². The lowest BCUT2D eigenvalue weighted by Gasteiger charge is -2.10. The summed E-state index contributed by atoms with van der Waals surface area (Å²) in [4.78, 5) is 10.6. The minimum Gasteiger partial charge on any atom is -0.481 e. The van der Waals surface area contributed by atoms with Crippen molar-refractivity contribution in [3.05, 3.63) is 0 Å². The molecule has 1 rings (SSSR count). The van der Waals surface area contributed by atoms with Gasteiger partial charge in [0.05, 0.1) is 5.92 Å². The summed E-state index contributed by atoms with van der Waals surface area (Å²) in [6, 6.07) is 0. The Kier molecular flexibility index (Phi) is 2.60. The number of nitrogens with two attached hydrogens (primary N) is 1.